The second-order valence-electron chi connectivity index (χ2n) is 5.65. The predicted octanol–water partition coefficient (Wildman–Crippen LogP) is 3.58. The molecule has 1 amide bonds. The number of benzene rings is 2. The molecule has 0 fully saturated rings. The van der Waals surface area contributed by atoms with Gasteiger partial charge in [0.1, 0.15) is 6.54 Å². The largest absolute Gasteiger partial charge is 0.348 e. The second-order valence-corrected chi connectivity index (χ2v) is 6.49. The van der Waals surface area contributed by atoms with Gasteiger partial charge in [-0.25, -0.2) is 4.98 Å². The van der Waals surface area contributed by atoms with Gasteiger partial charge in [-0.05, 0) is 36.8 Å². The molecule has 0 saturated carbocycles. The first-order chi connectivity index (χ1) is 12.0. The molecule has 1 unspecified atom stereocenters. The van der Waals surface area contributed by atoms with Gasteiger partial charge in [-0.3, -0.25) is 14.2 Å². The van der Waals surface area contributed by atoms with Gasteiger partial charge in [0.05, 0.1) is 23.3 Å². The maximum Gasteiger partial charge on any atom is 0.261 e. The standard InChI is InChI=1S/C18H15Cl2N3O2/c1-11(13-7-6-12(19)8-15(13)20)22-17(24)9-23-10-21-16-5-3-2-4-14(16)18(23)25/h2-8,10-11H,9H2,1H3,(H,22,24). The van der Waals surface area contributed by atoms with Crippen LogP contribution in [-0.4, -0.2) is 15.5 Å². The monoisotopic (exact) mass is 375 g/mol. The number of aromatic nitrogens is 2. The number of para-hydroxylation sites is 1. The number of hydrogen-bond donors (Lipinski definition) is 1. The van der Waals surface area contributed by atoms with Crippen molar-refractivity contribution in [2.24, 2.45) is 0 Å². The highest BCUT2D eigenvalue weighted by Crippen LogP contribution is 2.26. The average molecular weight is 376 g/mol. The summed E-state index contributed by atoms with van der Waals surface area (Å²) in [6, 6.07) is 11.8. The number of carbonyl (C=O) groups is 1. The molecule has 1 N–H and O–H groups in total. The van der Waals surface area contributed by atoms with Crippen molar-refractivity contribution in [1.82, 2.24) is 14.9 Å². The van der Waals surface area contributed by atoms with Crippen LogP contribution < -0.4 is 10.9 Å². The van der Waals surface area contributed by atoms with Gasteiger partial charge in [0.2, 0.25) is 5.91 Å². The molecule has 128 valence electrons. The molecule has 2 aromatic carbocycles. The Hall–Kier alpha value is -2.37. The molecule has 25 heavy (non-hydrogen) atoms. The fraction of sp³-hybridized carbons (Fsp3) is 0.167. The lowest BCUT2D eigenvalue weighted by atomic mass is 10.1. The number of amides is 1. The van der Waals surface area contributed by atoms with E-state index in [0.29, 0.717) is 20.9 Å². The Labute approximate surface area is 154 Å². The Morgan fingerprint density at radius 1 is 1.24 bits per heavy atom. The fourth-order valence-electron chi connectivity index (χ4n) is 2.59. The third-order valence-electron chi connectivity index (χ3n) is 3.85. The summed E-state index contributed by atoms with van der Waals surface area (Å²) in [5, 5.41) is 4.31. The smallest absolute Gasteiger partial charge is 0.261 e. The first-order valence-corrected chi connectivity index (χ1v) is 8.40. The third-order valence-corrected chi connectivity index (χ3v) is 4.41. The van der Waals surface area contributed by atoms with Crippen LogP contribution in [0, 0.1) is 0 Å². The molecule has 0 aliphatic carbocycles. The summed E-state index contributed by atoms with van der Waals surface area (Å²) in [6.07, 6.45) is 1.38. The minimum atomic E-state index is -0.318. The van der Waals surface area contributed by atoms with Crippen LogP contribution in [0.5, 0.6) is 0 Å². The zero-order valence-electron chi connectivity index (χ0n) is 13.4. The topological polar surface area (TPSA) is 64.0 Å². The molecule has 1 aromatic heterocycles. The summed E-state index contributed by atoms with van der Waals surface area (Å²) >= 11 is 12.0. The maximum absolute atomic E-state index is 12.4. The lowest BCUT2D eigenvalue weighted by molar-refractivity contribution is -0.122. The van der Waals surface area contributed by atoms with Crippen molar-refractivity contribution in [2.45, 2.75) is 19.5 Å². The van der Waals surface area contributed by atoms with Gasteiger partial charge in [-0.2, -0.15) is 0 Å². The molecule has 3 rings (SSSR count). The number of hydrogen-bond acceptors (Lipinski definition) is 3. The van der Waals surface area contributed by atoms with Gasteiger partial charge in [0, 0.05) is 10.0 Å². The zero-order chi connectivity index (χ0) is 18.0. The summed E-state index contributed by atoms with van der Waals surface area (Å²) in [5.41, 5.74) is 1.10. The molecular formula is C18H15Cl2N3O2. The average Bonchev–Trinajstić information content (AvgIpc) is 2.57. The van der Waals surface area contributed by atoms with Crippen LogP contribution in [0.1, 0.15) is 18.5 Å². The normalized spacial score (nSPS) is 12.1. The summed E-state index contributed by atoms with van der Waals surface area (Å²) < 4.78 is 1.29. The molecule has 0 saturated heterocycles. The van der Waals surface area contributed by atoms with Crippen LogP contribution in [0.2, 0.25) is 10.0 Å². The molecule has 3 aromatic rings. The Morgan fingerprint density at radius 3 is 2.76 bits per heavy atom. The van der Waals surface area contributed by atoms with Gasteiger partial charge in [0.25, 0.3) is 5.56 Å². The molecule has 1 heterocycles. The number of nitrogens with one attached hydrogen (secondary N) is 1. The molecule has 7 heteroatoms. The number of nitrogens with zero attached hydrogens (tertiary/aromatic N) is 2. The van der Waals surface area contributed by atoms with Crippen molar-refractivity contribution >= 4 is 40.0 Å². The van der Waals surface area contributed by atoms with Crippen molar-refractivity contribution in [3.8, 4) is 0 Å². The Balaban J connectivity index is 1.76. The minimum Gasteiger partial charge on any atom is -0.348 e. The molecule has 0 radical (unpaired) electrons. The highest BCUT2D eigenvalue weighted by molar-refractivity contribution is 6.35. The van der Waals surface area contributed by atoms with Gasteiger partial charge < -0.3 is 5.32 Å². The lowest BCUT2D eigenvalue weighted by Gasteiger charge is -2.16. The van der Waals surface area contributed by atoms with E-state index in [1.54, 1.807) is 36.4 Å². The van der Waals surface area contributed by atoms with E-state index in [1.807, 2.05) is 13.0 Å². The summed E-state index contributed by atoms with van der Waals surface area (Å²) in [7, 11) is 0. The number of fused-ring (bicyclic) bond motifs is 1. The van der Waals surface area contributed by atoms with E-state index in [2.05, 4.69) is 10.3 Å². The van der Waals surface area contributed by atoms with Crippen LogP contribution in [0.25, 0.3) is 10.9 Å². The minimum absolute atomic E-state index is 0.119. The Morgan fingerprint density at radius 2 is 2.00 bits per heavy atom. The van der Waals surface area contributed by atoms with Gasteiger partial charge in [-0.1, -0.05) is 41.4 Å². The molecule has 0 spiro atoms. The first-order valence-electron chi connectivity index (χ1n) is 7.64. The number of carbonyl (C=O) groups excluding carboxylic acids is 1. The quantitative estimate of drug-likeness (QED) is 0.757. The van der Waals surface area contributed by atoms with Crippen LogP contribution in [0.15, 0.2) is 53.6 Å². The van der Waals surface area contributed by atoms with E-state index in [-0.39, 0.29) is 24.1 Å². The molecule has 1 atom stereocenters. The molecule has 5 nitrogen and oxygen atoms in total. The Kier molecular flexibility index (Phi) is 5.06. The third kappa shape index (κ3) is 3.83. The van der Waals surface area contributed by atoms with E-state index in [9.17, 15) is 9.59 Å². The van der Waals surface area contributed by atoms with Crippen molar-refractivity contribution in [3.05, 3.63) is 74.8 Å². The number of rotatable bonds is 4. The van der Waals surface area contributed by atoms with Gasteiger partial charge in [-0.15, -0.1) is 0 Å². The van der Waals surface area contributed by atoms with E-state index in [1.165, 1.54) is 10.9 Å². The Bertz CT molecular complexity index is 1000. The highest BCUT2D eigenvalue weighted by atomic mass is 35.5. The predicted molar refractivity (Wildman–Crippen MR) is 99.0 cm³/mol. The lowest BCUT2D eigenvalue weighted by Crippen LogP contribution is -2.34. The van der Waals surface area contributed by atoms with Crippen LogP contribution >= 0.6 is 23.2 Å². The summed E-state index contributed by atoms with van der Waals surface area (Å²) in [4.78, 5) is 28.9. The SMILES string of the molecule is CC(NC(=O)Cn1cnc2ccccc2c1=O)c1ccc(Cl)cc1Cl. The highest BCUT2D eigenvalue weighted by Gasteiger charge is 2.14. The maximum atomic E-state index is 12.4. The fourth-order valence-corrected chi connectivity index (χ4v) is 3.16. The molecule has 0 aliphatic heterocycles. The van der Waals surface area contributed by atoms with Crippen molar-refractivity contribution in [3.63, 3.8) is 0 Å². The molecule has 0 bridgehead atoms. The zero-order valence-corrected chi connectivity index (χ0v) is 14.9. The van der Waals surface area contributed by atoms with Crippen LogP contribution in [0.3, 0.4) is 0 Å². The summed E-state index contributed by atoms with van der Waals surface area (Å²) in [6.45, 7) is 1.70. The molecular weight excluding hydrogens is 361 g/mol. The van der Waals surface area contributed by atoms with E-state index in [4.69, 9.17) is 23.2 Å². The summed E-state index contributed by atoms with van der Waals surface area (Å²) in [5.74, 6) is -0.308. The van der Waals surface area contributed by atoms with Gasteiger partial charge in [0.15, 0.2) is 0 Å². The second kappa shape index (κ2) is 7.25. The first kappa shape index (κ1) is 17.5. The van der Waals surface area contributed by atoms with Crippen molar-refractivity contribution < 1.29 is 4.79 Å². The van der Waals surface area contributed by atoms with E-state index >= 15 is 0 Å². The van der Waals surface area contributed by atoms with Gasteiger partial charge >= 0.3 is 0 Å². The van der Waals surface area contributed by atoms with Crippen molar-refractivity contribution in [2.75, 3.05) is 0 Å². The number of halogens is 2. The molecule has 0 aliphatic rings. The van der Waals surface area contributed by atoms with E-state index in [0.717, 1.165) is 5.56 Å². The van der Waals surface area contributed by atoms with Crippen molar-refractivity contribution in [1.29, 1.82) is 0 Å². The van der Waals surface area contributed by atoms with E-state index < -0.39 is 0 Å². The van der Waals surface area contributed by atoms with Crippen LogP contribution in [0.4, 0.5) is 0 Å². The van der Waals surface area contributed by atoms with Crippen LogP contribution in [-0.2, 0) is 11.3 Å².